The summed E-state index contributed by atoms with van der Waals surface area (Å²) in [5.74, 6) is 0. The third kappa shape index (κ3) is 18.3. The van der Waals surface area contributed by atoms with Crippen molar-refractivity contribution in [2.24, 2.45) is 0 Å². The van der Waals surface area contributed by atoms with E-state index in [1.54, 1.807) is 17.7 Å². The Hall–Kier alpha value is -0.563. The van der Waals surface area contributed by atoms with Crippen LogP contribution in [-0.2, 0) is 0 Å². The number of hydrogen-bond acceptors (Lipinski definition) is 0. The van der Waals surface area contributed by atoms with Gasteiger partial charge in [0.25, 0.3) is 0 Å². The summed E-state index contributed by atoms with van der Waals surface area (Å²) in [4.78, 5) is 0. The van der Waals surface area contributed by atoms with Crippen LogP contribution in [0.2, 0.25) is 12.1 Å². The van der Waals surface area contributed by atoms with Gasteiger partial charge in [-0.25, -0.2) is 0 Å². The molecule has 0 bridgehead atoms. The van der Waals surface area contributed by atoms with Crippen LogP contribution in [0.4, 0.5) is 0 Å². The second kappa shape index (κ2) is 25.1. The first-order valence-corrected chi connectivity index (χ1v) is 18.7. The Morgan fingerprint density at radius 2 is 0.829 bits per heavy atom. The summed E-state index contributed by atoms with van der Waals surface area (Å²) in [5.41, 5.74) is 2.62. The maximum absolute atomic E-state index is 2.47. The highest BCUT2D eigenvalue weighted by Crippen LogP contribution is 2.32. The van der Waals surface area contributed by atoms with Crippen LogP contribution in [0.1, 0.15) is 173 Å². The summed E-state index contributed by atoms with van der Waals surface area (Å²) in [5, 5.41) is 0. The summed E-state index contributed by atoms with van der Waals surface area (Å²) in [6.45, 7) is 6.98. The summed E-state index contributed by atoms with van der Waals surface area (Å²) in [6, 6.07) is 15.0. The SMILES string of the molecule is CCCCCCCCCC[SiH](CCCCCCCCCC)C(CCCCCCC)c1ccccc1. The zero-order valence-electron chi connectivity index (χ0n) is 24.5. The second-order valence-electron chi connectivity index (χ2n) is 11.5. The summed E-state index contributed by atoms with van der Waals surface area (Å²) in [6.07, 6.45) is 32.0. The lowest BCUT2D eigenvalue weighted by molar-refractivity contribution is 0.574. The Kier molecular flexibility index (Phi) is 23.3. The molecule has 0 spiro atoms. The van der Waals surface area contributed by atoms with E-state index in [4.69, 9.17) is 0 Å². The summed E-state index contributed by atoms with van der Waals surface area (Å²) >= 11 is 0. The Morgan fingerprint density at radius 1 is 0.457 bits per heavy atom. The van der Waals surface area contributed by atoms with Gasteiger partial charge < -0.3 is 0 Å². The zero-order chi connectivity index (χ0) is 25.2. The smallest absolute Gasteiger partial charge is 0.0449 e. The Bertz CT molecular complexity index is 505. The van der Waals surface area contributed by atoms with Gasteiger partial charge in [0.1, 0.15) is 0 Å². The fourth-order valence-corrected chi connectivity index (χ4v) is 10.2. The van der Waals surface area contributed by atoms with Gasteiger partial charge in [0.15, 0.2) is 0 Å². The average Bonchev–Trinajstić information content (AvgIpc) is 2.89. The van der Waals surface area contributed by atoms with E-state index in [0.717, 1.165) is 5.54 Å². The molecule has 0 N–H and O–H groups in total. The van der Waals surface area contributed by atoms with Gasteiger partial charge in [0.2, 0.25) is 0 Å². The third-order valence-corrected chi connectivity index (χ3v) is 12.4. The predicted molar refractivity (Wildman–Crippen MR) is 165 cm³/mol. The molecule has 1 aromatic carbocycles. The minimum absolute atomic E-state index is 0.774. The molecule has 1 rings (SSSR count). The van der Waals surface area contributed by atoms with Crippen molar-refractivity contribution in [2.75, 3.05) is 0 Å². The molecule has 0 aliphatic heterocycles. The molecule has 0 aromatic heterocycles. The van der Waals surface area contributed by atoms with Crippen molar-refractivity contribution in [3.63, 3.8) is 0 Å². The maximum atomic E-state index is 2.47. The Morgan fingerprint density at radius 3 is 1.26 bits per heavy atom. The van der Waals surface area contributed by atoms with E-state index in [0.29, 0.717) is 0 Å². The van der Waals surface area contributed by atoms with Gasteiger partial charge in [-0.3, -0.25) is 0 Å². The van der Waals surface area contributed by atoms with Crippen molar-refractivity contribution in [3.8, 4) is 0 Å². The van der Waals surface area contributed by atoms with Gasteiger partial charge in [-0.05, 0) is 17.5 Å². The number of hydrogen-bond donors (Lipinski definition) is 0. The molecule has 1 aromatic rings. The lowest BCUT2D eigenvalue weighted by atomic mass is 10.0. The van der Waals surface area contributed by atoms with Crippen molar-refractivity contribution in [1.29, 1.82) is 0 Å². The highest BCUT2D eigenvalue weighted by Gasteiger charge is 2.23. The van der Waals surface area contributed by atoms with E-state index >= 15 is 0 Å². The van der Waals surface area contributed by atoms with Gasteiger partial charge in [-0.15, -0.1) is 0 Å². The highest BCUT2D eigenvalue weighted by molar-refractivity contribution is 6.60. The molecule has 0 radical (unpaired) electrons. The van der Waals surface area contributed by atoms with Crippen LogP contribution < -0.4 is 0 Å². The first-order valence-electron chi connectivity index (χ1n) is 16.4. The van der Waals surface area contributed by atoms with Crippen molar-refractivity contribution >= 4 is 8.80 Å². The fraction of sp³-hybridized carbons (Fsp3) is 0.824. The van der Waals surface area contributed by atoms with Crippen LogP contribution in [0.3, 0.4) is 0 Å². The van der Waals surface area contributed by atoms with E-state index in [1.807, 2.05) is 0 Å². The van der Waals surface area contributed by atoms with E-state index < -0.39 is 8.80 Å². The van der Waals surface area contributed by atoms with E-state index in [-0.39, 0.29) is 0 Å². The lowest BCUT2D eigenvalue weighted by Gasteiger charge is -2.27. The average molecular weight is 501 g/mol. The fourth-order valence-electron chi connectivity index (χ4n) is 5.97. The Labute approximate surface area is 224 Å². The molecular formula is C34H64Si. The number of rotatable bonds is 26. The normalized spacial score (nSPS) is 12.5. The molecule has 0 aliphatic rings. The minimum atomic E-state index is -0.774. The van der Waals surface area contributed by atoms with Crippen LogP contribution in [0.5, 0.6) is 0 Å². The molecule has 0 amide bonds. The van der Waals surface area contributed by atoms with Crippen molar-refractivity contribution in [1.82, 2.24) is 0 Å². The number of unbranched alkanes of at least 4 members (excludes halogenated alkanes) is 18. The van der Waals surface area contributed by atoms with Gasteiger partial charge in [-0.1, -0.05) is 198 Å². The van der Waals surface area contributed by atoms with Gasteiger partial charge in [0, 0.05) is 8.80 Å². The summed E-state index contributed by atoms with van der Waals surface area (Å²) in [7, 11) is -0.774. The van der Waals surface area contributed by atoms with Crippen molar-refractivity contribution in [2.45, 2.75) is 180 Å². The molecule has 1 heteroatoms. The van der Waals surface area contributed by atoms with Gasteiger partial charge in [-0.2, -0.15) is 0 Å². The molecule has 204 valence electrons. The van der Waals surface area contributed by atoms with E-state index in [2.05, 4.69) is 51.1 Å². The maximum Gasteiger partial charge on any atom is 0.0449 e. The molecule has 1 unspecified atom stereocenters. The summed E-state index contributed by atoms with van der Waals surface area (Å²) < 4.78 is 0. The topological polar surface area (TPSA) is 0 Å². The number of benzene rings is 1. The molecule has 0 nitrogen and oxygen atoms in total. The molecule has 0 fully saturated rings. The minimum Gasteiger partial charge on any atom is -0.0654 e. The molecule has 0 aliphatic carbocycles. The third-order valence-electron chi connectivity index (χ3n) is 8.27. The second-order valence-corrected chi connectivity index (χ2v) is 15.0. The van der Waals surface area contributed by atoms with Crippen molar-refractivity contribution in [3.05, 3.63) is 35.9 Å². The molecule has 35 heavy (non-hydrogen) atoms. The van der Waals surface area contributed by atoms with Gasteiger partial charge >= 0.3 is 0 Å². The van der Waals surface area contributed by atoms with E-state index in [1.165, 1.54) is 141 Å². The largest absolute Gasteiger partial charge is 0.0654 e. The van der Waals surface area contributed by atoms with E-state index in [9.17, 15) is 0 Å². The molecule has 0 saturated carbocycles. The van der Waals surface area contributed by atoms with Crippen LogP contribution >= 0.6 is 0 Å². The molecule has 0 saturated heterocycles. The predicted octanol–water partition coefficient (Wildman–Crippen LogP) is 12.2. The van der Waals surface area contributed by atoms with Gasteiger partial charge in [0.05, 0.1) is 0 Å². The molecule has 0 heterocycles. The quantitative estimate of drug-likeness (QED) is 0.0876. The lowest BCUT2D eigenvalue weighted by Crippen LogP contribution is -2.24. The van der Waals surface area contributed by atoms with Crippen LogP contribution in [-0.4, -0.2) is 8.80 Å². The first kappa shape index (κ1) is 32.5. The van der Waals surface area contributed by atoms with Crippen LogP contribution in [0, 0.1) is 0 Å². The van der Waals surface area contributed by atoms with Crippen LogP contribution in [0.15, 0.2) is 30.3 Å². The molecular weight excluding hydrogens is 436 g/mol. The zero-order valence-corrected chi connectivity index (χ0v) is 25.7. The first-order chi connectivity index (χ1) is 17.3. The monoisotopic (exact) mass is 500 g/mol. The standard InChI is InChI=1S/C34H64Si/c1-4-7-10-13-15-17-20-26-31-35(32-27-21-18-16-14-11-8-5-2)34(30-25-19-12-9-6-3)33-28-23-22-24-29-33/h22-24,28-29,34-35H,4-21,25-27,30-32H2,1-3H3. The highest BCUT2D eigenvalue weighted by atomic mass is 28.3. The van der Waals surface area contributed by atoms with Crippen molar-refractivity contribution < 1.29 is 0 Å². The Balaban J connectivity index is 2.57. The van der Waals surface area contributed by atoms with Crippen LogP contribution in [0.25, 0.3) is 0 Å². The molecule has 1 atom stereocenters.